The van der Waals surface area contributed by atoms with Gasteiger partial charge in [-0.05, 0) is 40.8 Å². The number of carbonyl (C=O) groups is 3. The van der Waals surface area contributed by atoms with Crippen LogP contribution in [0.25, 0.3) is 0 Å². The van der Waals surface area contributed by atoms with Crippen molar-refractivity contribution in [3.05, 3.63) is 0 Å². The first-order valence-corrected chi connectivity index (χ1v) is 9.42. The smallest absolute Gasteiger partial charge is 0.394 e. The van der Waals surface area contributed by atoms with Crippen LogP contribution in [0.2, 0.25) is 0 Å². The predicted octanol–water partition coefficient (Wildman–Crippen LogP) is -10.1. The van der Waals surface area contributed by atoms with Crippen LogP contribution in [0.4, 0.5) is 0 Å². The van der Waals surface area contributed by atoms with E-state index in [1.54, 1.807) is 13.3 Å². The van der Waals surface area contributed by atoms with Crippen molar-refractivity contribution in [2.45, 2.75) is 40.7 Å². The molecule has 12 heteroatoms. The van der Waals surface area contributed by atoms with E-state index in [2.05, 4.69) is 4.99 Å². The molecule has 0 spiro atoms. The van der Waals surface area contributed by atoms with Gasteiger partial charge in [-0.15, -0.1) is 0 Å². The summed E-state index contributed by atoms with van der Waals surface area (Å²) in [7, 11) is 1.75. The van der Waals surface area contributed by atoms with Gasteiger partial charge in [0.15, 0.2) is 0 Å². The van der Waals surface area contributed by atoms with Crippen molar-refractivity contribution in [2.75, 3.05) is 13.7 Å². The Balaban J connectivity index is -0.0000000291. The molecule has 0 radical (unpaired) electrons. The number of hydrogen-bond acceptors (Lipinski definition) is 10. The monoisotopic (exact) mass is 479 g/mol. The normalized spacial score (nSPS) is 8.83. The molecule has 10 nitrogen and oxygen atoms in total. The molecule has 0 aromatic carbocycles. The van der Waals surface area contributed by atoms with E-state index < -0.39 is 26.2 Å². The summed E-state index contributed by atoms with van der Waals surface area (Å²) in [6.07, 6.45) is 3.44. The number of nitrogens with zero attached hydrogens (tertiary/aromatic N) is 1. The maximum atomic E-state index is 8.81. The zero-order valence-electron chi connectivity index (χ0n) is 15.2. The summed E-state index contributed by atoms with van der Waals surface area (Å²) in [6, 6.07) is 0. The molecular weight excluding hydrogens is 452 g/mol. The van der Waals surface area contributed by atoms with Crippen molar-refractivity contribution in [3.63, 3.8) is 0 Å². The largest absolute Gasteiger partial charge is 1.00 e. The first-order valence-electron chi connectivity index (χ1n) is 5.90. The molecule has 0 bridgehead atoms. The van der Waals surface area contributed by atoms with Gasteiger partial charge in [0.1, 0.15) is 39.0 Å². The molecule has 0 aromatic heterocycles. The summed E-state index contributed by atoms with van der Waals surface area (Å²) in [6.45, 7) is 7.61. The van der Waals surface area contributed by atoms with Gasteiger partial charge in [0, 0.05) is 7.05 Å². The van der Waals surface area contributed by atoms with Gasteiger partial charge in [0.25, 0.3) is 0 Å². The summed E-state index contributed by atoms with van der Waals surface area (Å²) in [5.74, 6) is 0. The van der Waals surface area contributed by atoms with E-state index in [1.165, 1.54) is 27.7 Å². The standard InChI is InChI=1S/C3H7N.C3H8O2.3C2H4O.IO4.Na/c1-3-4-2;1-3(5)2-4;3*1-2-3;2-1(3,4)5;/h3H,1-2H3;3-5H,2H2,1H3;3*2H,1H3;;/q;;;;;-1;+1. The molecule has 142 valence electrons. The van der Waals surface area contributed by atoms with Crippen LogP contribution in [-0.4, -0.2) is 55.0 Å². The van der Waals surface area contributed by atoms with Crippen molar-refractivity contribution < 1.29 is 88.0 Å². The van der Waals surface area contributed by atoms with Crippen molar-refractivity contribution in [1.82, 2.24) is 0 Å². The number of aldehydes is 3. The first kappa shape index (κ1) is 44.0. The quantitative estimate of drug-likeness (QED) is 0.159. The Kier molecular flexibility index (Phi) is 90.8. The minimum Gasteiger partial charge on any atom is -0.394 e. The molecule has 0 heterocycles. The van der Waals surface area contributed by atoms with Crippen LogP contribution in [-0.2, 0) is 14.4 Å². The summed E-state index contributed by atoms with van der Waals surface area (Å²) in [5, 5.41) is 16.0. The number of halogens is 1. The van der Waals surface area contributed by atoms with Gasteiger partial charge in [-0.1, -0.05) is 0 Å². The van der Waals surface area contributed by atoms with Crippen LogP contribution in [0.1, 0.15) is 34.6 Å². The van der Waals surface area contributed by atoms with E-state index in [-0.39, 0.29) is 36.2 Å². The Morgan fingerprint density at radius 3 is 1.04 bits per heavy atom. The van der Waals surface area contributed by atoms with Crippen LogP contribution in [0, 0.1) is 0 Å². The molecule has 0 amide bonds. The second-order valence-corrected chi connectivity index (χ2v) is 4.79. The molecule has 0 aliphatic carbocycles. The van der Waals surface area contributed by atoms with Gasteiger partial charge in [-0.2, -0.15) is 0 Å². The Morgan fingerprint density at radius 2 is 1.04 bits per heavy atom. The predicted molar refractivity (Wildman–Crippen MR) is 74.1 cm³/mol. The van der Waals surface area contributed by atoms with E-state index in [9.17, 15) is 0 Å². The third-order valence-electron chi connectivity index (χ3n) is 0.522. The second-order valence-electron chi connectivity index (χ2n) is 2.63. The van der Waals surface area contributed by atoms with Gasteiger partial charge in [-0.3, -0.25) is 13.7 Å². The molecule has 2 N–H and O–H groups in total. The summed E-state index contributed by atoms with van der Waals surface area (Å²) >= 11 is -5.94. The Morgan fingerprint density at radius 1 is 0.958 bits per heavy atom. The third-order valence-corrected chi connectivity index (χ3v) is 0.522. The Hall–Kier alpha value is 0.170. The summed E-state index contributed by atoms with van der Waals surface area (Å²) in [4.78, 5) is 30.0. The van der Waals surface area contributed by atoms with Crippen molar-refractivity contribution in [3.8, 4) is 0 Å². The van der Waals surface area contributed by atoms with E-state index >= 15 is 0 Å². The summed E-state index contributed by atoms with van der Waals surface area (Å²) in [5.41, 5.74) is 0. The zero-order valence-corrected chi connectivity index (χ0v) is 19.3. The molecule has 0 aliphatic heterocycles. The van der Waals surface area contributed by atoms with E-state index in [1.807, 2.05) is 6.92 Å². The third kappa shape index (κ3) is 989. The molecule has 0 aliphatic rings. The van der Waals surface area contributed by atoms with Crippen molar-refractivity contribution in [1.29, 1.82) is 0 Å². The fraction of sp³-hybridized carbons (Fsp3) is 0.667. The molecule has 24 heavy (non-hydrogen) atoms. The van der Waals surface area contributed by atoms with E-state index in [4.69, 9.17) is 38.3 Å². The van der Waals surface area contributed by atoms with Gasteiger partial charge in [0.2, 0.25) is 0 Å². The number of carbonyl (C=O) groups excluding carboxylic acids is 3. The molecule has 0 fully saturated rings. The molecule has 0 rings (SSSR count). The van der Waals surface area contributed by atoms with Gasteiger partial charge >= 0.3 is 29.6 Å². The van der Waals surface area contributed by atoms with Crippen LogP contribution < -0.4 is 63.4 Å². The van der Waals surface area contributed by atoms with Crippen molar-refractivity contribution >= 4 is 25.1 Å². The average molecular weight is 479 g/mol. The number of aliphatic hydroxyl groups excluding tert-OH is 2. The van der Waals surface area contributed by atoms with Crippen LogP contribution in [0.3, 0.4) is 0 Å². The number of aliphatic hydroxyl groups is 2. The van der Waals surface area contributed by atoms with Gasteiger partial charge in [-0.25, -0.2) is 0 Å². The SMILES string of the molecule is CC(O)CO.CC=NC.CC=O.CC=O.CC=O.[Na+].[O-][I+3]([O-])([O-])[O-]. The molecule has 0 saturated carbocycles. The zero-order chi connectivity index (χ0) is 20.3. The van der Waals surface area contributed by atoms with Crippen LogP contribution in [0.5, 0.6) is 0 Å². The maximum Gasteiger partial charge on any atom is 1.00 e. The fourth-order valence-electron chi connectivity index (χ4n) is 0. The number of aliphatic imine (C=N–C) groups is 1. The number of rotatable bonds is 1. The minimum absolute atomic E-state index is 0. The van der Waals surface area contributed by atoms with E-state index in [0.717, 1.165) is 18.9 Å². The van der Waals surface area contributed by atoms with Gasteiger partial charge < -0.3 is 29.6 Å². The fourth-order valence-corrected chi connectivity index (χ4v) is 0. The molecule has 1 atom stereocenters. The van der Waals surface area contributed by atoms with Crippen LogP contribution >= 0.6 is 0 Å². The van der Waals surface area contributed by atoms with Crippen LogP contribution in [0.15, 0.2) is 4.99 Å². The van der Waals surface area contributed by atoms with E-state index in [0.29, 0.717) is 0 Å². The van der Waals surface area contributed by atoms with Crippen molar-refractivity contribution in [2.24, 2.45) is 4.99 Å². The van der Waals surface area contributed by atoms with Gasteiger partial charge in [0.05, 0.1) is 12.7 Å². The molecular formula is C12H27INNaO9. The Labute approximate surface area is 171 Å². The average Bonchev–Trinajstić information content (AvgIpc) is 2.40. The Bertz CT molecular complexity index is 213. The number of hydrogen-bond donors (Lipinski definition) is 2. The molecule has 0 saturated heterocycles. The second kappa shape index (κ2) is 49.5. The first-order chi connectivity index (χ1) is 10.4. The molecule has 1 unspecified atom stereocenters. The minimum atomic E-state index is -5.94. The summed E-state index contributed by atoms with van der Waals surface area (Å²) < 4.78 is 34.5. The maximum absolute atomic E-state index is 8.81. The molecule has 0 aromatic rings. The topological polar surface area (TPSA) is 196 Å².